The average Bonchev–Trinajstić information content (AvgIpc) is 2.64. The zero-order chi connectivity index (χ0) is 18.5. The Balaban J connectivity index is 1.81. The van der Waals surface area contributed by atoms with Gasteiger partial charge in [0.15, 0.2) is 11.0 Å². The predicted octanol–water partition coefficient (Wildman–Crippen LogP) is 4.87. The van der Waals surface area contributed by atoms with E-state index in [9.17, 15) is 13.4 Å². The van der Waals surface area contributed by atoms with E-state index in [1.165, 1.54) is 18.2 Å². The van der Waals surface area contributed by atoms with Crippen molar-refractivity contribution < 1.29 is 13.4 Å². The van der Waals surface area contributed by atoms with Gasteiger partial charge in [-0.2, -0.15) is 0 Å². The summed E-state index contributed by atoms with van der Waals surface area (Å²) < 4.78 is 28.9. The van der Waals surface area contributed by atoms with E-state index in [0.29, 0.717) is 16.4 Å². The molecule has 2 N–H and O–H groups in total. The van der Waals surface area contributed by atoms with E-state index in [2.05, 4.69) is 10.0 Å². The first-order valence-electron chi connectivity index (χ1n) is 7.63. The minimum Gasteiger partial charge on any atom is -0.322 e. The molecule has 7 heteroatoms. The van der Waals surface area contributed by atoms with Crippen LogP contribution in [0.3, 0.4) is 0 Å². The number of amides is 1. The molecule has 0 spiro atoms. The van der Waals surface area contributed by atoms with Gasteiger partial charge in [-0.05, 0) is 48.5 Å². The molecule has 0 fully saturated rings. The number of hydrogen-bond donors (Lipinski definition) is 2. The molecule has 0 saturated heterocycles. The monoisotopic (exact) mass is 388 g/mol. The molecular formula is C19H14ClFN2O2S. The zero-order valence-electron chi connectivity index (χ0n) is 13.4. The molecule has 3 aromatic carbocycles. The first-order valence-corrected chi connectivity index (χ1v) is 9.16. The lowest BCUT2D eigenvalue weighted by molar-refractivity contribution is 0.102. The summed E-state index contributed by atoms with van der Waals surface area (Å²) in [5.74, 6) is -0.970. The first kappa shape index (κ1) is 18.1. The number of carbonyl (C=O) groups excluding carboxylic acids is 1. The second kappa shape index (κ2) is 8.12. The van der Waals surface area contributed by atoms with Gasteiger partial charge in [0.1, 0.15) is 5.82 Å². The number of anilines is 2. The number of carbonyl (C=O) groups is 1. The number of hydrogen-bond acceptors (Lipinski definition) is 2. The fraction of sp³-hybridized carbons (Fsp3) is 0. The van der Waals surface area contributed by atoms with Gasteiger partial charge in [-0.3, -0.25) is 4.79 Å². The summed E-state index contributed by atoms with van der Waals surface area (Å²) in [7, 11) is -1.84. The molecule has 0 aliphatic rings. The molecule has 0 aliphatic carbocycles. The van der Waals surface area contributed by atoms with Crippen LogP contribution < -0.4 is 10.0 Å². The molecule has 0 aliphatic heterocycles. The molecule has 132 valence electrons. The lowest BCUT2D eigenvalue weighted by atomic mass is 10.1. The summed E-state index contributed by atoms with van der Waals surface area (Å²) in [5.41, 5.74) is 1.19. The fourth-order valence-corrected chi connectivity index (χ4v) is 3.31. The Bertz CT molecular complexity index is 964. The van der Waals surface area contributed by atoms with Crippen LogP contribution in [0.4, 0.5) is 15.8 Å². The van der Waals surface area contributed by atoms with Gasteiger partial charge in [0.05, 0.1) is 16.1 Å². The highest BCUT2D eigenvalue weighted by molar-refractivity contribution is 7.86. The summed E-state index contributed by atoms with van der Waals surface area (Å²) in [4.78, 5) is 12.6. The number of nitrogens with one attached hydrogen (secondary N) is 2. The molecule has 0 heterocycles. The summed E-state index contributed by atoms with van der Waals surface area (Å²) in [6.45, 7) is 0. The highest BCUT2D eigenvalue weighted by Crippen LogP contribution is 2.21. The van der Waals surface area contributed by atoms with Gasteiger partial charge in [-0.1, -0.05) is 35.9 Å². The SMILES string of the molecule is O=C(Nc1ccc(Cl)cc1)c1ccccc1NS(=O)c1ccccc1F. The fourth-order valence-electron chi connectivity index (χ4n) is 2.25. The quantitative estimate of drug-likeness (QED) is 0.655. The van der Waals surface area contributed by atoms with Crippen molar-refractivity contribution in [3.8, 4) is 0 Å². The van der Waals surface area contributed by atoms with Crippen LogP contribution in [0.1, 0.15) is 10.4 Å². The largest absolute Gasteiger partial charge is 0.322 e. The molecule has 0 aromatic heterocycles. The molecule has 1 unspecified atom stereocenters. The molecule has 1 atom stereocenters. The molecule has 0 radical (unpaired) electrons. The molecular weight excluding hydrogens is 375 g/mol. The maximum absolute atomic E-state index is 13.8. The standard InChI is InChI=1S/C19H14ClFN2O2S/c20-13-9-11-14(12-10-13)22-19(24)15-5-1-3-7-17(15)23-26(25)18-8-4-2-6-16(18)21/h1-12,23H,(H,22,24). The third-order valence-electron chi connectivity index (χ3n) is 3.51. The van der Waals surface area contributed by atoms with Crippen molar-refractivity contribution in [1.29, 1.82) is 0 Å². The van der Waals surface area contributed by atoms with Crippen LogP contribution in [0.15, 0.2) is 77.7 Å². The number of para-hydroxylation sites is 1. The molecule has 0 saturated carbocycles. The average molecular weight is 389 g/mol. The van der Waals surface area contributed by atoms with Crippen LogP contribution in [0, 0.1) is 5.82 Å². The van der Waals surface area contributed by atoms with Crippen molar-refractivity contribution in [3.63, 3.8) is 0 Å². The number of halogens is 2. The predicted molar refractivity (Wildman–Crippen MR) is 102 cm³/mol. The van der Waals surface area contributed by atoms with Crippen LogP contribution in [-0.4, -0.2) is 10.1 Å². The molecule has 3 rings (SSSR count). The number of benzene rings is 3. The Morgan fingerprint density at radius 2 is 1.58 bits per heavy atom. The first-order chi connectivity index (χ1) is 12.5. The van der Waals surface area contributed by atoms with E-state index in [1.54, 1.807) is 54.6 Å². The Morgan fingerprint density at radius 1 is 0.923 bits per heavy atom. The topological polar surface area (TPSA) is 58.2 Å². The van der Waals surface area contributed by atoms with Crippen LogP contribution >= 0.6 is 11.6 Å². The lowest BCUT2D eigenvalue weighted by Crippen LogP contribution is -2.16. The van der Waals surface area contributed by atoms with Crippen LogP contribution in [0.5, 0.6) is 0 Å². The van der Waals surface area contributed by atoms with E-state index >= 15 is 0 Å². The normalized spacial score (nSPS) is 11.6. The Hall–Kier alpha value is -2.70. The summed E-state index contributed by atoms with van der Waals surface area (Å²) in [6, 6.07) is 19.0. The van der Waals surface area contributed by atoms with Gasteiger partial charge in [0, 0.05) is 10.7 Å². The Labute approximate surface area is 157 Å². The molecule has 4 nitrogen and oxygen atoms in total. The zero-order valence-corrected chi connectivity index (χ0v) is 15.0. The third kappa shape index (κ3) is 4.28. The van der Waals surface area contributed by atoms with Crippen molar-refractivity contribution >= 4 is 39.9 Å². The second-order valence-electron chi connectivity index (χ2n) is 5.31. The third-order valence-corrected chi connectivity index (χ3v) is 4.90. The minimum absolute atomic E-state index is 0.0143. The summed E-state index contributed by atoms with van der Waals surface area (Å²) >= 11 is 5.83. The van der Waals surface area contributed by atoms with Gasteiger partial charge >= 0.3 is 0 Å². The van der Waals surface area contributed by atoms with Crippen molar-refractivity contribution in [2.75, 3.05) is 10.0 Å². The van der Waals surface area contributed by atoms with Crippen molar-refractivity contribution in [1.82, 2.24) is 0 Å². The van der Waals surface area contributed by atoms with Gasteiger partial charge in [-0.15, -0.1) is 0 Å². The van der Waals surface area contributed by atoms with Crippen molar-refractivity contribution in [2.45, 2.75) is 4.90 Å². The highest BCUT2D eigenvalue weighted by atomic mass is 35.5. The van der Waals surface area contributed by atoms with E-state index < -0.39 is 16.8 Å². The number of rotatable bonds is 5. The van der Waals surface area contributed by atoms with E-state index in [1.807, 2.05) is 0 Å². The van der Waals surface area contributed by atoms with Gasteiger partial charge in [0.25, 0.3) is 5.91 Å². The molecule has 26 heavy (non-hydrogen) atoms. The Kier molecular flexibility index (Phi) is 5.65. The molecule has 0 bridgehead atoms. The van der Waals surface area contributed by atoms with Gasteiger partial charge in [-0.25, -0.2) is 8.60 Å². The molecule has 3 aromatic rings. The van der Waals surface area contributed by atoms with Gasteiger partial charge < -0.3 is 10.0 Å². The summed E-state index contributed by atoms with van der Waals surface area (Å²) in [5, 5.41) is 3.30. The highest BCUT2D eigenvalue weighted by Gasteiger charge is 2.15. The lowest BCUT2D eigenvalue weighted by Gasteiger charge is -2.12. The van der Waals surface area contributed by atoms with E-state index in [0.717, 1.165) is 0 Å². The van der Waals surface area contributed by atoms with Crippen molar-refractivity contribution in [2.24, 2.45) is 0 Å². The maximum Gasteiger partial charge on any atom is 0.257 e. The second-order valence-corrected chi connectivity index (χ2v) is 6.93. The van der Waals surface area contributed by atoms with E-state index in [4.69, 9.17) is 11.6 Å². The van der Waals surface area contributed by atoms with E-state index in [-0.39, 0.29) is 16.4 Å². The van der Waals surface area contributed by atoms with Crippen LogP contribution in [0.2, 0.25) is 5.02 Å². The maximum atomic E-state index is 13.8. The van der Waals surface area contributed by atoms with Crippen LogP contribution in [0.25, 0.3) is 0 Å². The van der Waals surface area contributed by atoms with Gasteiger partial charge in [0.2, 0.25) is 0 Å². The smallest absolute Gasteiger partial charge is 0.257 e. The molecule has 1 amide bonds. The van der Waals surface area contributed by atoms with Crippen LogP contribution in [-0.2, 0) is 11.0 Å². The van der Waals surface area contributed by atoms with Crippen molar-refractivity contribution in [3.05, 3.63) is 89.2 Å². The summed E-state index contributed by atoms with van der Waals surface area (Å²) in [6.07, 6.45) is 0. The Morgan fingerprint density at radius 3 is 2.31 bits per heavy atom. The minimum atomic E-state index is -1.84.